The van der Waals surface area contributed by atoms with Gasteiger partial charge in [-0.25, -0.2) is 4.98 Å². The molecule has 4 nitrogen and oxygen atoms in total. The van der Waals surface area contributed by atoms with Crippen LogP contribution < -0.4 is 5.73 Å². The van der Waals surface area contributed by atoms with Crippen LogP contribution in [0.25, 0.3) is 0 Å². The SMILES string of the molecule is Cn1nc(C2CC2)nc1CCC(C)(C)N. The van der Waals surface area contributed by atoms with Crippen LogP contribution in [-0.2, 0) is 13.5 Å². The van der Waals surface area contributed by atoms with E-state index in [0.29, 0.717) is 5.92 Å². The van der Waals surface area contributed by atoms with Crippen LogP contribution in [0.5, 0.6) is 0 Å². The normalized spacial score (nSPS) is 17.1. The molecule has 84 valence electrons. The summed E-state index contributed by atoms with van der Waals surface area (Å²) in [6, 6.07) is 0. The minimum absolute atomic E-state index is 0.119. The van der Waals surface area contributed by atoms with Crippen LogP contribution >= 0.6 is 0 Å². The van der Waals surface area contributed by atoms with Crippen molar-refractivity contribution >= 4 is 0 Å². The lowest BCUT2D eigenvalue weighted by atomic mass is 10.00. The van der Waals surface area contributed by atoms with Gasteiger partial charge >= 0.3 is 0 Å². The molecule has 0 unspecified atom stereocenters. The third kappa shape index (κ3) is 2.78. The van der Waals surface area contributed by atoms with Crippen molar-refractivity contribution in [3.05, 3.63) is 11.6 Å². The van der Waals surface area contributed by atoms with E-state index in [1.54, 1.807) is 0 Å². The van der Waals surface area contributed by atoms with Crippen LogP contribution in [0.3, 0.4) is 0 Å². The molecule has 1 fully saturated rings. The summed E-state index contributed by atoms with van der Waals surface area (Å²) in [4.78, 5) is 4.57. The Morgan fingerprint density at radius 2 is 2.13 bits per heavy atom. The van der Waals surface area contributed by atoms with E-state index in [9.17, 15) is 0 Å². The van der Waals surface area contributed by atoms with Crippen LogP contribution in [0.2, 0.25) is 0 Å². The summed E-state index contributed by atoms with van der Waals surface area (Å²) in [5, 5.41) is 4.44. The van der Waals surface area contributed by atoms with Crippen LogP contribution in [-0.4, -0.2) is 20.3 Å². The minimum atomic E-state index is -0.119. The van der Waals surface area contributed by atoms with Gasteiger partial charge in [0.1, 0.15) is 5.82 Å². The van der Waals surface area contributed by atoms with Gasteiger partial charge < -0.3 is 5.73 Å². The zero-order chi connectivity index (χ0) is 11.1. The molecule has 1 heterocycles. The van der Waals surface area contributed by atoms with Gasteiger partial charge in [-0.15, -0.1) is 0 Å². The van der Waals surface area contributed by atoms with Crippen molar-refractivity contribution in [3.8, 4) is 0 Å². The second kappa shape index (κ2) is 3.59. The van der Waals surface area contributed by atoms with Gasteiger partial charge in [-0.3, -0.25) is 4.68 Å². The summed E-state index contributed by atoms with van der Waals surface area (Å²) in [5.41, 5.74) is 5.84. The molecule has 15 heavy (non-hydrogen) atoms. The topological polar surface area (TPSA) is 56.7 Å². The first-order valence-corrected chi connectivity index (χ1v) is 5.64. The van der Waals surface area contributed by atoms with Gasteiger partial charge in [-0.1, -0.05) is 0 Å². The Morgan fingerprint density at radius 3 is 2.67 bits per heavy atom. The number of nitrogens with zero attached hydrogens (tertiary/aromatic N) is 3. The van der Waals surface area contributed by atoms with E-state index in [1.165, 1.54) is 12.8 Å². The molecule has 2 rings (SSSR count). The van der Waals surface area contributed by atoms with Crippen LogP contribution in [0.15, 0.2) is 0 Å². The largest absolute Gasteiger partial charge is 0.326 e. The number of aromatic nitrogens is 3. The maximum absolute atomic E-state index is 5.95. The lowest BCUT2D eigenvalue weighted by molar-refractivity contribution is 0.465. The van der Waals surface area contributed by atoms with Crippen molar-refractivity contribution in [1.82, 2.24) is 14.8 Å². The molecular weight excluding hydrogens is 188 g/mol. The molecule has 2 N–H and O–H groups in total. The van der Waals surface area contributed by atoms with E-state index in [-0.39, 0.29) is 5.54 Å². The molecule has 0 aromatic carbocycles. The third-order valence-corrected chi connectivity index (χ3v) is 2.81. The van der Waals surface area contributed by atoms with E-state index in [0.717, 1.165) is 24.5 Å². The van der Waals surface area contributed by atoms with Crippen LogP contribution in [0.1, 0.15) is 50.7 Å². The predicted octanol–water partition coefficient (Wildman–Crippen LogP) is 1.36. The standard InChI is InChI=1S/C11H20N4/c1-11(2,12)7-6-9-13-10(8-4-5-8)14-15(9)3/h8H,4-7,12H2,1-3H3. The summed E-state index contributed by atoms with van der Waals surface area (Å²) >= 11 is 0. The first-order valence-electron chi connectivity index (χ1n) is 5.64. The van der Waals surface area contributed by atoms with Gasteiger partial charge in [0.25, 0.3) is 0 Å². The van der Waals surface area contributed by atoms with Crippen molar-refractivity contribution in [1.29, 1.82) is 0 Å². The third-order valence-electron chi connectivity index (χ3n) is 2.81. The quantitative estimate of drug-likeness (QED) is 0.813. The number of rotatable bonds is 4. The van der Waals surface area contributed by atoms with E-state index in [2.05, 4.69) is 10.1 Å². The van der Waals surface area contributed by atoms with Gasteiger partial charge in [0.2, 0.25) is 0 Å². The smallest absolute Gasteiger partial charge is 0.154 e. The second-order valence-corrected chi connectivity index (χ2v) is 5.27. The summed E-state index contributed by atoms with van der Waals surface area (Å²) in [6.45, 7) is 4.09. The highest BCUT2D eigenvalue weighted by atomic mass is 15.3. The highest BCUT2D eigenvalue weighted by molar-refractivity contribution is 5.06. The molecule has 0 spiro atoms. The van der Waals surface area contributed by atoms with Crippen molar-refractivity contribution in [2.75, 3.05) is 0 Å². The van der Waals surface area contributed by atoms with Gasteiger partial charge in [0.05, 0.1) is 0 Å². The molecule has 1 aliphatic rings. The molecule has 0 saturated heterocycles. The Kier molecular flexibility index (Phi) is 2.54. The Hall–Kier alpha value is -0.900. The molecule has 1 aliphatic carbocycles. The molecule has 1 aromatic rings. The van der Waals surface area contributed by atoms with Crippen molar-refractivity contribution < 1.29 is 0 Å². The molecule has 0 bridgehead atoms. The van der Waals surface area contributed by atoms with Gasteiger partial charge in [0, 0.05) is 24.9 Å². The lowest BCUT2D eigenvalue weighted by Crippen LogP contribution is -2.32. The fourth-order valence-corrected chi connectivity index (χ4v) is 1.60. The maximum atomic E-state index is 5.95. The molecule has 1 saturated carbocycles. The monoisotopic (exact) mass is 208 g/mol. The first-order chi connectivity index (χ1) is 6.96. The Labute approximate surface area is 90.9 Å². The van der Waals surface area contributed by atoms with Crippen LogP contribution in [0, 0.1) is 0 Å². The van der Waals surface area contributed by atoms with Crippen molar-refractivity contribution in [2.45, 2.75) is 51.0 Å². The van der Waals surface area contributed by atoms with Crippen LogP contribution in [0.4, 0.5) is 0 Å². The lowest BCUT2D eigenvalue weighted by Gasteiger charge is -2.17. The average molecular weight is 208 g/mol. The maximum Gasteiger partial charge on any atom is 0.154 e. The van der Waals surface area contributed by atoms with E-state index in [4.69, 9.17) is 5.73 Å². The Morgan fingerprint density at radius 1 is 1.47 bits per heavy atom. The fraction of sp³-hybridized carbons (Fsp3) is 0.818. The number of hydrogen-bond acceptors (Lipinski definition) is 3. The molecule has 0 aliphatic heterocycles. The summed E-state index contributed by atoms with van der Waals surface area (Å²) in [7, 11) is 1.97. The highest BCUT2D eigenvalue weighted by Gasteiger charge is 2.28. The molecule has 0 radical (unpaired) electrons. The highest BCUT2D eigenvalue weighted by Crippen LogP contribution is 2.38. The fourth-order valence-electron chi connectivity index (χ4n) is 1.60. The molecular formula is C11H20N4. The van der Waals surface area contributed by atoms with Gasteiger partial charge in [-0.2, -0.15) is 5.10 Å². The summed E-state index contributed by atoms with van der Waals surface area (Å²) in [6.07, 6.45) is 4.38. The molecule has 1 aromatic heterocycles. The molecule has 0 amide bonds. The zero-order valence-electron chi connectivity index (χ0n) is 9.82. The second-order valence-electron chi connectivity index (χ2n) is 5.27. The van der Waals surface area contributed by atoms with E-state index >= 15 is 0 Å². The number of nitrogens with two attached hydrogens (primary N) is 1. The van der Waals surface area contributed by atoms with E-state index < -0.39 is 0 Å². The zero-order valence-corrected chi connectivity index (χ0v) is 9.82. The average Bonchev–Trinajstić information content (AvgIpc) is 2.87. The van der Waals surface area contributed by atoms with E-state index in [1.807, 2.05) is 25.6 Å². The molecule has 4 heteroatoms. The minimum Gasteiger partial charge on any atom is -0.326 e. The molecule has 0 atom stereocenters. The van der Waals surface area contributed by atoms with Gasteiger partial charge in [-0.05, 0) is 33.1 Å². The van der Waals surface area contributed by atoms with Crippen molar-refractivity contribution in [2.24, 2.45) is 12.8 Å². The summed E-state index contributed by atoms with van der Waals surface area (Å²) < 4.78 is 1.90. The van der Waals surface area contributed by atoms with Crippen molar-refractivity contribution in [3.63, 3.8) is 0 Å². The predicted molar refractivity (Wildman–Crippen MR) is 59.6 cm³/mol. The van der Waals surface area contributed by atoms with Gasteiger partial charge in [0.15, 0.2) is 5.82 Å². The summed E-state index contributed by atoms with van der Waals surface area (Å²) in [5.74, 6) is 2.73. The first kappa shape index (κ1) is 10.6. The Balaban J connectivity index is 2.01. The number of hydrogen-bond donors (Lipinski definition) is 1. The number of aryl methyl sites for hydroxylation is 2. The Bertz CT molecular complexity index is 344.